The molecule has 1 aromatic carbocycles. The molecule has 0 unspecified atom stereocenters. The Morgan fingerprint density at radius 3 is 2.60 bits per heavy atom. The number of carbonyl (C=O) groups is 2. The molecule has 0 saturated carbocycles. The second-order valence-electron chi connectivity index (χ2n) is 4.18. The standard InChI is InChI=1S/C14H18N2O3S/c1-20-9-8-12(14(18)19)16-13(17)7-4-10-2-5-11(15)6-3-10/h2-7,12H,8-9,15H2,1H3,(H,16,17)(H,18,19)/b7-4+/t12-/m0/s1. The highest BCUT2D eigenvalue weighted by Crippen LogP contribution is 2.07. The summed E-state index contributed by atoms with van der Waals surface area (Å²) < 4.78 is 0. The van der Waals surface area contributed by atoms with Crippen LogP contribution in [-0.4, -0.2) is 35.0 Å². The number of nitrogens with two attached hydrogens (primary N) is 1. The van der Waals surface area contributed by atoms with E-state index in [2.05, 4.69) is 5.32 Å². The van der Waals surface area contributed by atoms with E-state index in [1.165, 1.54) is 6.08 Å². The molecule has 5 nitrogen and oxygen atoms in total. The molecule has 108 valence electrons. The number of carboxylic acids is 1. The highest BCUT2D eigenvalue weighted by atomic mass is 32.2. The van der Waals surface area contributed by atoms with Crippen molar-refractivity contribution in [2.45, 2.75) is 12.5 Å². The highest BCUT2D eigenvalue weighted by Gasteiger charge is 2.17. The zero-order valence-electron chi connectivity index (χ0n) is 11.2. The fraction of sp³-hybridized carbons (Fsp3) is 0.286. The van der Waals surface area contributed by atoms with Gasteiger partial charge < -0.3 is 16.2 Å². The third-order valence-electron chi connectivity index (χ3n) is 2.59. The van der Waals surface area contributed by atoms with Crippen LogP contribution in [0.3, 0.4) is 0 Å². The molecular formula is C14H18N2O3S. The van der Waals surface area contributed by atoms with E-state index in [9.17, 15) is 9.59 Å². The Hall–Kier alpha value is -1.95. The van der Waals surface area contributed by atoms with Crippen LogP contribution in [0.5, 0.6) is 0 Å². The summed E-state index contributed by atoms with van der Waals surface area (Å²) in [6, 6.07) is 6.17. The fourth-order valence-electron chi connectivity index (χ4n) is 1.49. The second-order valence-corrected chi connectivity index (χ2v) is 5.17. The summed E-state index contributed by atoms with van der Waals surface area (Å²) in [4.78, 5) is 22.7. The minimum atomic E-state index is -1.02. The molecule has 0 heterocycles. The first-order chi connectivity index (χ1) is 9.52. The lowest BCUT2D eigenvalue weighted by Crippen LogP contribution is -2.40. The van der Waals surface area contributed by atoms with Gasteiger partial charge >= 0.3 is 5.97 Å². The number of carboxylic acid groups (broad SMARTS) is 1. The van der Waals surface area contributed by atoms with Gasteiger partial charge in [-0.2, -0.15) is 11.8 Å². The first-order valence-electron chi connectivity index (χ1n) is 6.09. The molecule has 1 rings (SSSR count). The van der Waals surface area contributed by atoms with Crippen LogP contribution < -0.4 is 11.1 Å². The molecule has 0 aliphatic heterocycles. The van der Waals surface area contributed by atoms with Gasteiger partial charge in [-0.1, -0.05) is 12.1 Å². The van der Waals surface area contributed by atoms with Crippen molar-refractivity contribution in [1.82, 2.24) is 5.32 Å². The number of benzene rings is 1. The Kier molecular flexibility index (Phi) is 6.66. The molecule has 0 aromatic heterocycles. The number of nitrogens with one attached hydrogen (secondary N) is 1. The Morgan fingerprint density at radius 1 is 1.40 bits per heavy atom. The summed E-state index contributed by atoms with van der Waals surface area (Å²) in [7, 11) is 0. The maximum absolute atomic E-state index is 11.7. The third kappa shape index (κ3) is 5.79. The number of aliphatic carboxylic acids is 1. The molecule has 0 aliphatic rings. The first kappa shape index (κ1) is 16.1. The number of amides is 1. The Bertz CT molecular complexity index is 486. The van der Waals surface area contributed by atoms with Crippen molar-refractivity contribution in [2.75, 3.05) is 17.7 Å². The molecular weight excluding hydrogens is 276 g/mol. The van der Waals surface area contributed by atoms with E-state index in [4.69, 9.17) is 10.8 Å². The molecule has 1 amide bonds. The summed E-state index contributed by atoms with van der Waals surface area (Å²) in [5.74, 6) is -0.762. The van der Waals surface area contributed by atoms with Crippen LogP contribution in [0.2, 0.25) is 0 Å². The number of hydrogen-bond donors (Lipinski definition) is 3. The van der Waals surface area contributed by atoms with Crippen molar-refractivity contribution in [3.63, 3.8) is 0 Å². The summed E-state index contributed by atoms with van der Waals surface area (Å²) in [5, 5.41) is 11.5. The minimum absolute atomic E-state index is 0.401. The van der Waals surface area contributed by atoms with Gasteiger partial charge in [-0.25, -0.2) is 4.79 Å². The van der Waals surface area contributed by atoms with E-state index in [0.717, 1.165) is 5.56 Å². The van der Waals surface area contributed by atoms with Gasteiger partial charge in [0.1, 0.15) is 6.04 Å². The second kappa shape index (κ2) is 8.27. The van der Waals surface area contributed by atoms with Crippen molar-refractivity contribution in [3.8, 4) is 0 Å². The van der Waals surface area contributed by atoms with E-state index in [0.29, 0.717) is 17.9 Å². The van der Waals surface area contributed by atoms with Gasteiger partial charge in [-0.15, -0.1) is 0 Å². The molecule has 0 spiro atoms. The van der Waals surface area contributed by atoms with Crippen LogP contribution in [-0.2, 0) is 9.59 Å². The average Bonchev–Trinajstić information content (AvgIpc) is 2.42. The number of nitrogen functional groups attached to an aromatic ring is 1. The van der Waals surface area contributed by atoms with E-state index < -0.39 is 17.9 Å². The zero-order valence-corrected chi connectivity index (χ0v) is 12.0. The van der Waals surface area contributed by atoms with Gasteiger partial charge in [0, 0.05) is 11.8 Å². The fourth-order valence-corrected chi connectivity index (χ4v) is 1.96. The Labute approximate surface area is 122 Å². The van der Waals surface area contributed by atoms with Crippen molar-refractivity contribution >= 4 is 35.4 Å². The predicted octanol–water partition coefficient (Wildman–Crippen LogP) is 1.60. The van der Waals surface area contributed by atoms with Crippen LogP contribution in [0.1, 0.15) is 12.0 Å². The van der Waals surface area contributed by atoms with Crippen LogP contribution in [0.25, 0.3) is 6.08 Å². The van der Waals surface area contributed by atoms with Gasteiger partial charge in [0.05, 0.1) is 0 Å². The molecule has 0 fully saturated rings. The van der Waals surface area contributed by atoms with Gasteiger partial charge in [-0.05, 0) is 42.2 Å². The van der Waals surface area contributed by atoms with Crippen molar-refractivity contribution in [2.24, 2.45) is 0 Å². The van der Waals surface area contributed by atoms with Gasteiger partial charge in [0.2, 0.25) is 5.91 Å². The third-order valence-corrected chi connectivity index (χ3v) is 3.23. The van der Waals surface area contributed by atoms with E-state index in [1.807, 2.05) is 6.26 Å². The summed E-state index contributed by atoms with van der Waals surface area (Å²) in [6.07, 6.45) is 5.22. The van der Waals surface area contributed by atoms with Crippen molar-refractivity contribution < 1.29 is 14.7 Å². The van der Waals surface area contributed by atoms with Gasteiger partial charge in [-0.3, -0.25) is 4.79 Å². The predicted molar refractivity (Wildman–Crippen MR) is 82.5 cm³/mol. The van der Waals surface area contributed by atoms with E-state index in [-0.39, 0.29) is 0 Å². The minimum Gasteiger partial charge on any atom is -0.480 e. The summed E-state index contributed by atoms with van der Waals surface area (Å²) in [5.41, 5.74) is 7.03. The topological polar surface area (TPSA) is 92.4 Å². The van der Waals surface area contributed by atoms with E-state index in [1.54, 1.807) is 42.1 Å². The first-order valence-corrected chi connectivity index (χ1v) is 7.48. The number of anilines is 1. The van der Waals surface area contributed by atoms with E-state index >= 15 is 0 Å². The molecule has 0 saturated heterocycles. The maximum atomic E-state index is 11.7. The average molecular weight is 294 g/mol. The molecule has 20 heavy (non-hydrogen) atoms. The van der Waals surface area contributed by atoms with Gasteiger partial charge in [0.15, 0.2) is 0 Å². The number of rotatable bonds is 7. The van der Waals surface area contributed by atoms with Gasteiger partial charge in [0.25, 0.3) is 0 Å². The monoisotopic (exact) mass is 294 g/mol. The quantitative estimate of drug-likeness (QED) is 0.525. The Morgan fingerprint density at radius 2 is 2.05 bits per heavy atom. The summed E-state index contributed by atoms with van der Waals surface area (Å²) >= 11 is 1.54. The van der Waals surface area contributed by atoms with Crippen LogP contribution in [0, 0.1) is 0 Å². The number of carbonyl (C=O) groups excluding carboxylic acids is 1. The SMILES string of the molecule is CSCC[C@H](NC(=O)/C=C/c1ccc(N)cc1)C(=O)O. The molecule has 1 atom stereocenters. The highest BCUT2D eigenvalue weighted by molar-refractivity contribution is 7.98. The molecule has 6 heteroatoms. The lowest BCUT2D eigenvalue weighted by atomic mass is 10.2. The molecule has 0 bridgehead atoms. The zero-order chi connectivity index (χ0) is 15.0. The smallest absolute Gasteiger partial charge is 0.326 e. The number of thioether (sulfide) groups is 1. The molecule has 4 N–H and O–H groups in total. The normalized spacial score (nSPS) is 12.2. The van der Waals surface area contributed by atoms with Crippen LogP contribution in [0.4, 0.5) is 5.69 Å². The Balaban J connectivity index is 2.56. The lowest BCUT2D eigenvalue weighted by molar-refractivity contribution is -0.141. The van der Waals surface area contributed by atoms with Crippen LogP contribution >= 0.6 is 11.8 Å². The number of hydrogen-bond acceptors (Lipinski definition) is 4. The maximum Gasteiger partial charge on any atom is 0.326 e. The van der Waals surface area contributed by atoms with Crippen molar-refractivity contribution in [1.29, 1.82) is 0 Å². The largest absolute Gasteiger partial charge is 0.480 e. The van der Waals surface area contributed by atoms with Crippen LogP contribution in [0.15, 0.2) is 30.3 Å². The lowest BCUT2D eigenvalue weighted by Gasteiger charge is -2.12. The van der Waals surface area contributed by atoms with Crippen molar-refractivity contribution in [3.05, 3.63) is 35.9 Å². The molecule has 0 radical (unpaired) electrons. The molecule has 1 aromatic rings. The molecule has 0 aliphatic carbocycles. The summed E-state index contributed by atoms with van der Waals surface area (Å²) in [6.45, 7) is 0.